The molecule has 1 heterocycles. The molecule has 0 bridgehead atoms. The summed E-state index contributed by atoms with van der Waals surface area (Å²) in [6.45, 7) is 0.571. The first kappa shape index (κ1) is 11.3. The SMILES string of the molecule is CS(=O)(=O)O[C@@H]1CCCN(C(=O)O)C1. The van der Waals surface area contributed by atoms with Gasteiger partial charge in [0.15, 0.2) is 0 Å². The molecule has 1 aliphatic heterocycles. The van der Waals surface area contributed by atoms with E-state index in [1.807, 2.05) is 0 Å². The molecule has 82 valence electrons. The number of rotatable bonds is 2. The predicted octanol–water partition coefficient (Wildman–Crippen LogP) is 0.105. The lowest BCUT2D eigenvalue weighted by molar-refractivity contribution is 0.0828. The Morgan fingerprint density at radius 1 is 1.57 bits per heavy atom. The maximum Gasteiger partial charge on any atom is 0.407 e. The molecule has 0 aromatic carbocycles. The van der Waals surface area contributed by atoms with Gasteiger partial charge in [-0.2, -0.15) is 8.42 Å². The third kappa shape index (κ3) is 3.51. The fourth-order valence-electron chi connectivity index (χ4n) is 1.44. The smallest absolute Gasteiger partial charge is 0.407 e. The molecule has 0 saturated carbocycles. The van der Waals surface area contributed by atoms with Crippen molar-refractivity contribution < 1.29 is 22.5 Å². The first-order valence-electron chi connectivity index (χ1n) is 4.24. The quantitative estimate of drug-likeness (QED) is 0.671. The molecule has 0 spiro atoms. The van der Waals surface area contributed by atoms with Crippen LogP contribution in [0.5, 0.6) is 0 Å². The summed E-state index contributed by atoms with van der Waals surface area (Å²) in [6, 6.07) is 0. The monoisotopic (exact) mass is 223 g/mol. The van der Waals surface area contributed by atoms with Gasteiger partial charge in [-0.05, 0) is 12.8 Å². The molecule has 1 N–H and O–H groups in total. The van der Waals surface area contributed by atoms with E-state index in [1.54, 1.807) is 0 Å². The van der Waals surface area contributed by atoms with Crippen LogP contribution < -0.4 is 0 Å². The highest BCUT2D eigenvalue weighted by molar-refractivity contribution is 7.86. The van der Waals surface area contributed by atoms with Crippen LogP contribution in [0.2, 0.25) is 0 Å². The van der Waals surface area contributed by atoms with Gasteiger partial charge < -0.3 is 10.0 Å². The highest BCUT2D eigenvalue weighted by atomic mass is 32.2. The average molecular weight is 223 g/mol. The summed E-state index contributed by atoms with van der Waals surface area (Å²) >= 11 is 0. The van der Waals surface area contributed by atoms with Crippen LogP contribution in [0.1, 0.15) is 12.8 Å². The Labute approximate surface area is 82.6 Å². The van der Waals surface area contributed by atoms with E-state index in [4.69, 9.17) is 9.29 Å². The Morgan fingerprint density at radius 3 is 2.71 bits per heavy atom. The van der Waals surface area contributed by atoms with E-state index in [0.29, 0.717) is 19.4 Å². The number of amides is 1. The van der Waals surface area contributed by atoms with Gasteiger partial charge in [-0.1, -0.05) is 0 Å². The Bertz CT molecular complexity index is 312. The molecule has 1 saturated heterocycles. The number of carbonyl (C=O) groups is 1. The Hall–Kier alpha value is -0.820. The minimum Gasteiger partial charge on any atom is -0.465 e. The molecule has 1 amide bonds. The highest BCUT2D eigenvalue weighted by Crippen LogP contribution is 2.14. The molecular formula is C7H13NO5S. The first-order valence-corrected chi connectivity index (χ1v) is 6.06. The van der Waals surface area contributed by atoms with Crippen molar-refractivity contribution in [3.63, 3.8) is 0 Å². The average Bonchev–Trinajstić information content (AvgIpc) is 2.01. The summed E-state index contributed by atoms with van der Waals surface area (Å²) in [5.41, 5.74) is 0. The van der Waals surface area contributed by atoms with Gasteiger partial charge in [0.05, 0.1) is 18.9 Å². The Balaban J connectivity index is 2.52. The van der Waals surface area contributed by atoms with E-state index < -0.39 is 22.3 Å². The van der Waals surface area contributed by atoms with E-state index in [2.05, 4.69) is 0 Å². The van der Waals surface area contributed by atoms with Crippen molar-refractivity contribution in [1.82, 2.24) is 4.90 Å². The molecule has 14 heavy (non-hydrogen) atoms. The van der Waals surface area contributed by atoms with Crippen LogP contribution >= 0.6 is 0 Å². The van der Waals surface area contributed by atoms with Crippen LogP contribution in [0, 0.1) is 0 Å². The number of hydrogen-bond donors (Lipinski definition) is 1. The summed E-state index contributed by atoms with van der Waals surface area (Å²) < 4.78 is 26.3. The summed E-state index contributed by atoms with van der Waals surface area (Å²) in [7, 11) is -3.49. The maximum absolute atomic E-state index is 10.8. The molecule has 0 aliphatic carbocycles. The van der Waals surface area contributed by atoms with Gasteiger partial charge in [0.2, 0.25) is 0 Å². The second-order valence-electron chi connectivity index (χ2n) is 3.29. The lowest BCUT2D eigenvalue weighted by Gasteiger charge is -2.29. The van der Waals surface area contributed by atoms with Gasteiger partial charge in [-0.25, -0.2) is 4.79 Å². The minimum absolute atomic E-state index is 0.127. The summed E-state index contributed by atoms with van der Waals surface area (Å²) in [5.74, 6) is 0. The van der Waals surface area contributed by atoms with Gasteiger partial charge in [-0.3, -0.25) is 4.18 Å². The second-order valence-corrected chi connectivity index (χ2v) is 4.89. The van der Waals surface area contributed by atoms with Crippen molar-refractivity contribution >= 4 is 16.2 Å². The van der Waals surface area contributed by atoms with E-state index in [1.165, 1.54) is 4.90 Å². The summed E-state index contributed by atoms with van der Waals surface area (Å²) in [5, 5.41) is 8.68. The van der Waals surface area contributed by atoms with Crippen molar-refractivity contribution in [1.29, 1.82) is 0 Å². The van der Waals surface area contributed by atoms with Crippen molar-refractivity contribution in [3.8, 4) is 0 Å². The number of nitrogens with zero attached hydrogens (tertiary/aromatic N) is 1. The second kappa shape index (κ2) is 4.14. The number of carboxylic acid groups (broad SMARTS) is 1. The molecule has 0 aromatic rings. The topological polar surface area (TPSA) is 83.9 Å². The lowest BCUT2D eigenvalue weighted by atomic mass is 10.1. The van der Waals surface area contributed by atoms with E-state index in [-0.39, 0.29) is 6.54 Å². The van der Waals surface area contributed by atoms with Crippen molar-refractivity contribution in [3.05, 3.63) is 0 Å². The van der Waals surface area contributed by atoms with Crippen LogP contribution in [0.25, 0.3) is 0 Å². The number of likely N-dealkylation sites (tertiary alicyclic amines) is 1. The van der Waals surface area contributed by atoms with E-state index in [9.17, 15) is 13.2 Å². The van der Waals surface area contributed by atoms with Crippen LogP contribution in [-0.2, 0) is 14.3 Å². The standard InChI is InChI=1S/C7H13NO5S/c1-14(11,12)13-6-3-2-4-8(5-6)7(9)10/h6H,2-5H2,1H3,(H,9,10)/t6-/m1/s1. The molecule has 1 fully saturated rings. The highest BCUT2D eigenvalue weighted by Gasteiger charge is 2.26. The minimum atomic E-state index is -3.49. The van der Waals surface area contributed by atoms with Crippen molar-refractivity contribution in [2.45, 2.75) is 18.9 Å². The third-order valence-corrected chi connectivity index (χ3v) is 2.58. The van der Waals surface area contributed by atoms with Crippen molar-refractivity contribution in [2.24, 2.45) is 0 Å². The van der Waals surface area contributed by atoms with E-state index >= 15 is 0 Å². The van der Waals surface area contributed by atoms with Gasteiger partial charge >= 0.3 is 6.09 Å². The predicted molar refractivity (Wildman–Crippen MR) is 48.5 cm³/mol. The molecule has 6 nitrogen and oxygen atoms in total. The fourth-order valence-corrected chi connectivity index (χ4v) is 2.09. The van der Waals surface area contributed by atoms with Gasteiger partial charge in [0, 0.05) is 6.54 Å². The zero-order valence-electron chi connectivity index (χ0n) is 7.84. The zero-order valence-corrected chi connectivity index (χ0v) is 8.66. The van der Waals surface area contributed by atoms with Gasteiger partial charge in [-0.15, -0.1) is 0 Å². The molecule has 0 radical (unpaired) electrons. The summed E-state index contributed by atoms with van der Waals surface area (Å²) in [6.07, 6.45) is 0.609. The zero-order chi connectivity index (χ0) is 10.8. The maximum atomic E-state index is 10.8. The number of hydrogen-bond acceptors (Lipinski definition) is 4. The van der Waals surface area contributed by atoms with Crippen molar-refractivity contribution in [2.75, 3.05) is 19.3 Å². The molecular weight excluding hydrogens is 210 g/mol. The summed E-state index contributed by atoms with van der Waals surface area (Å²) in [4.78, 5) is 11.8. The number of piperidine rings is 1. The van der Waals surface area contributed by atoms with Crippen LogP contribution in [0.4, 0.5) is 4.79 Å². The Morgan fingerprint density at radius 2 is 2.21 bits per heavy atom. The van der Waals surface area contributed by atoms with Crippen LogP contribution in [0.15, 0.2) is 0 Å². The molecule has 1 aliphatic rings. The third-order valence-electron chi connectivity index (χ3n) is 1.96. The Kier molecular flexibility index (Phi) is 3.33. The lowest BCUT2D eigenvalue weighted by Crippen LogP contribution is -2.43. The molecule has 1 rings (SSSR count). The van der Waals surface area contributed by atoms with Gasteiger partial charge in [0.25, 0.3) is 10.1 Å². The van der Waals surface area contributed by atoms with E-state index in [0.717, 1.165) is 6.26 Å². The molecule has 0 unspecified atom stereocenters. The first-order chi connectivity index (χ1) is 6.38. The molecule has 0 aromatic heterocycles. The normalized spacial score (nSPS) is 23.5. The molecule has 1 atom stereocenters. The van der Waals surface area contributed by atoms with Gasteiger partial charge in [0.1, 0.15) is 0 Å². The molecule has 7 heteroatoms. The fraction of sp³-hybridized carbons (Fsp3) is 0.857. The van der Waals surface area contributed by atoms with Crippen LogP contribution in [0.3, 0.4) is 0 Å². The largest absolute Gasteiger partial charge is 0.465 e. The van der Waals surface area contributed by atoms with Crippen LogP contribution in [-0.4, -0.2) is 50.0 Å².